The maximum absolute atomic E-state index is 10.4. The molecule has 0 heterocycles. The van der Waals surface area contributed by atoms with E-state index in [2.05, 4.69) is 37.3 Å². The normalized spacial score (nSPS) is 11.3. The van der Waals surface area contributed by atoms with E-state index in [4.69, 9.17) is 58.7 Å². The van der Waals surface area contributed by atoms with E-state index in [0.717, 1.165) is 0 Å². The first-order valence-electron chi connectivity index (χ1n) is 8.58. The van der Waals surface area contributed by atoms with Crippen LogP contribution < -0.4 is 21.2 Å². The average Bonchev–Trinajstić information content (AvgIpc) is 2.54. The van der Waals surface area contributed by atoms with Crippen molar-refractivity contribution in [3.63, 3.8) is 0 Å². The van der Waals surface area contributed by atoms with Crippen molar-refractivity contribution < 1.29 is 96.8 Å². The third-order valence-electron chi connectivity index (χ3n) is 1.47. The Kier molecular flexibility index (Phi) is 39.6. The molecule has 0 saturated heterocycles. The zero-order valence-corrected chi connectivity index (χ0v) is 37.1. The van der Waals surface area contributed by atoms with Crippen LogP contribution in [-0.2, 0) is 18.1 Å². The molecule has 0 fully saturated rings. The van der Waals surface area contributed by atoms with Gasteiger partial charge in [-0.05, 0) is 18.6 Å². The van der Waals surface area contributed by atoms with E-state index in [1.165, 1.54) is 17.3 Å². The molecule has 0 aliphatic rings. The number of alkyl halides is 1. The molecule has 12 N–H and O–H groups in total. The van der Waals surface area contributed by atoms with E-state index in [0.29, 0.717) is 21.2 Å². The molecule has 0 aliphatic carbocycles. The third-order valence-corrected chi connectivity index (χ3v) is 4.37. The number of benzene rings is 1. The minimum atomic E-state index is -5.85. The molecular formula is C10H26F6IO18Sb6+. The van der Waals surface area contributed by atoms with Crippen molar-refractivity contribution in [2.75, 3.05) is 4.43 Å². The summed E-state index contributed by atoms with van der Waals surface area (Å²) < 4.78 is 203. The van der Waals surface area contributed by atoms with Gasteiger partial charge in [0.1, 0.15) is 4.43 Å². The molecule has 0 aromatic heterocycles. The summed E-state index contributed by atoms with van der Waals surface area (Å²) in [6, 6.07) is 10.9. The number of hydrogen-bond donors (Lipinski definition) is 12. The van der Waals surface area contributed by atoms with Crippen LogP contribution in [0.5, 0.6) is 0 Å². The standard InChI is InChI=1S/C10H14I.6FH.12H2O.6O.6Sb/c1-2-3-9-11-10-7-5-4-6-8-10;;;;;;;;;;;;;;;;;;;;;;;;;;;;;;/h4-8H,2-3,9H2,1H3;6*1H;12*1H2;;;;;;;;;;;;/q+1;;;;;;;;;;;;;;;;;;;;;;;;;6*+3/p-18. The summed E-state index contributed by atoms with van der Waals surface area (Å²) in [4.78, 5) is 0. The number of halogens is 7. The number of hydrogen-bond acceptors (Lipinski definition) is 6. The Morgan fingerprint density at radius 3 is 0.878 bits per heavy atom. The van der Waals surface area contributed by atoms with Crippen molar-refractivity contribution >= 4 is 121 Å². The molecule has 0 aliphatic heterocycles. The van der Waals surface area contributed by atoms with Gasteiger partial charge in [0.15, 0.2) is 3.57 Å². The fourth-order valence-electron chi connectivity index (χ4n) is 0.813. The monoisotopic (exact) mass is 1400 g/mol. The van der Waals surface area contributed by atoms with Gasteiger partial charge in [0, 0.05) is 0 Å². The molecule has 0 saturated carbocycles. The maximum atomic E-state index is 10.4. The first-order chi connectivity index (χ1) is 17.4. The van der Waals surface area contributed by atoms with Crippen LogP contribution in [-0.4, -0.2) is 166 Å². The topological polar surface area (TPSA) is 345 Å². The summed E-state index contributed by atoms with van der Waals surface area (Å²) in [5.74, 6) is 0. The molecule has 0 spiro atoms. The number of unbranched alkanes of at least 4 members (excludes halogenated alkanes) is 1. The molecule has 31 heteroatoms. The molecule has 1 aromatic carbocycles. The molecule has 0 unspecified atom stereocenters. The molecule has 1 aromatic rings. The van der Waals surface area contributed by atoms with Crippen LogP contribution in [0.4, 0.5) is 16.9 Å². The molecule has 18 nitrogen and oxygen atoms in total. The second-order valence-electron chi connectivity index (χ2n) is 5.31. The van der Waals surface area contributed by atoms with Gasteiger partial charge in [-0.15, -0.1) is 0 Å². The molecule has 41 heavy (non-hydrogen) atoms. The van der Waals surface area contributed by atoms with Gasteiger partial charge in [-0.3, -0.25) is 0 Å². The van der Waals surface area contributed by atoms with Crippen LogP contribution in [0.1, 0.15) is 19.8 Å². The predicted octanol–water partition coefficient (Wildman–Crippen LogP) is -7.42. The molecule has 0 bridgehead atoms. The number of rotatable bonds is 4. The molecule has 1 rings (SSSR count). The Balaban J connectivity index is -0.0000000904. The van der Waals surface area contributed by atoms with E-state index in [1.807, 2.05) is 0 Å². The van der Waals surface area contributed by atoms with Crippen molar-refractivity contribution in [1.29, 1.82) is 0 Å². The van der Waals surface area contributed by atoms with Gasteiger partial charge in [0.2, 0.25) is 0 Å². The van der Waals surface area contributed by atoms with Crippen LogP contribution >= 0.6 is 0 Å². The Morgan fingerprint density at radius 1 is 0.512 bits per heavy atom. The Morgan fingerprint density at radius 2 is 0.707 bits per heavy atom. The van der Waals surface area contributed by atoms with Crippen molar-refractivity contribution in [2.45, 2.75) is 19.8 Å². The average molecular weight is 1410 g/mol. The Bertz CT molecular complexity index is 829. The molecule has 252 valence electrons. The van der Waals surface area contributed by atoms with Crippen molar-refractivity contribution in [3.05, 3.63) is 33.9 Å². The van der Waals surface area contributed by atoms with E-state index in [-0.39, 0.29) is 0 Å². The van der Waals surface area contributed by atoms with Crippen LogP contribution in [0.2, 0.25) is 0 Å². The summed E-state index contributed by atoms with van der Waals surface area (Å²) in [5.41, 5.74) is 0. The summed E-state index contributed by atoms with van der Waals surface area (Å²) in [7, 11) is 0. The molecular weight excluding hydrogens is 1380 g/mol. The second-order valence-corrected chi connectivity index (χ2v) is 24.6. The summed E-state index contributed by atoms with van der Waals surface area (Å²) in [5, 5.41) is 0. The summed E-state index contributed by atoms with van der Waals surface area (Å²) in [6.07, 6.45) is 2.74. The van der Waals surface area contributed by atoms with Crippen molar-refractivity contribution in [1.82, 2.24) is 0 Å². The first-order valence-corrected chi connectivity index (χ1v) is 36.9. The van der Waals surface area contributed by atoms with Crippen LogP contribution in [0.25, 0.3) is 0 Å². The van der Waals surface area contributed by atoms with Gasteiger partial charge in [-0.2, -0.15) is 0 Å². The third kappa shape index (κ3) is 286. The first kappa shape index (κ1) is 56.1. The fraction of sp³-hybridized carbons (Fsp3) is 0.400. The van der Waals surface area contributed by atoms with E-state index in [1.54, 1.807) is 3.57 Å². The van der Waals surface area contributed by atoms with Crippen LogP contribution in [0.3, 0.4) is 0 Å². The van der Waals surface area contributed by atoms with Gasteiger partial charge in [-0.25, -0.2) is 0 Å². The van der Waals surface area contributed by atoms with Gasteiger partial charge in [-0.1, -0.05) is 31.5 Å². The molecule has 0 atom stereocenters. The minimum absolute atomic E-state index is 0.320. The fourth-order valence-corrected chi connectivity index (χ4v) is 3.50. The van der Waals surface area contributed by atoms with Gasteiger partial charge in [0.25, 0.3) is 0 Å². The second kappa shape index (κ2) is 28.9. The summed E-state index contributed by atoms with van der Waals surface area (Å²) >= 11 is -34.8. The zero-order valence-electron chi connectivity index (χ0n) is 19.7. The molecule has 0 radical (unpaired) electrons. The van der Waals surface area contributed by atoms with Gasteiger partial charge >= 0.3 is 218 Å². The van der Waals surface area contributed by atoms with E-state index in [9.17, 15) is 16.9 Å². The van der Waals surface area contributed by atoms with Gasteiger partial charge < -0.3 is 0 Å². The van der Waals surface area contributed by atoms with Crippen molar-refractivity contribution in [2.24, 2.45) is 0 Å². The SMILES string of the molecule is CCCC[I+]c1ccccc1.[O]=[Sb]([OH])([OH])[F].[O]=[Sb]([OH])([OH])[F].[O]=[Sb]([OH])([OH])[F].[O]=[Sb]([OH])([OH])[F].[O]=[Sb]([OH])([OH])[F].[O]=[Sb]([OH])([OH])[F]. The van der Waals surface area contributed by atoms with E-state index >= 15 is 0 Å². The van der Waals surface area contributed by atoms with Gasteiger partial charge in [0.05, 0.1) is 0 Å². The Hall–Kier alpha value is 2.76. The van der Waals surface area contributed by atoms with Crippen LogP contribution in [0.15, 0.2) is 30.3 Å². The Labute approximate surface area is 271 Å². The predicted molar refractivity (Wildman–Crippen MR) is 117 cm³/mol. The van der Waals surface area contributed by atoms with Crippen LogP contribution in [0, 0.1) is 3.57 Å². The van der Waals surface area contributed by atoms with Crippen molar-refractivity contribution in [3.8, 4) is 0 Å². The van der Waals surface area contributed by atoms with E-state index < -0.39 is 121 Å². The molecule has 0 amide bonds. The summed E-state index contributed by atoms with van der Waals surface area (Å²) in [6.45, 7) is 2.26. The quantitative estimate of drug-likeness (QED) is 0.0438. The zero-order chi connectivity index (χ0) is 34.9.